The van der Waals surface area contributed by atoms with Crippen LogP contribution in [0.15, 0.2) is 18.5 Å². The molecule has 1 aliphatic heterocycles. The minimum Gasteiger partial charge on any atom is -0.348 e. The Morgan fingerprint density at radius 3 is 2.67 bits per heavy atom. The van der Waals surface area contributed by atoms with Crippen molar-refractivity contribution in [3.05, 3.63) is 18.5 Å². The van der Waals surface area contributed by atoms with Gasteiger partial charge in [0.2, 0.25) is 17.8 Å². The van der Waals surface area contributed by atoms with Gasteiger partial charge in [0.15, 0.2) is 0 Å². The Kier molecular flexibility index (Phi) is 3.71. The van der Waals surface area contributed by atoms with Crippen LogP contribution in [0.2, 0.25) is 0 Å². The van der Waals surface area contributed by atoms with Gasteiger partial charge < -0.3 is 15.5 Å². The molecule has 7 heteroatoms. The highest BCUT2D eigenvalue weighted by Gasteiger charge is 2.30. The molecule has 2 heterocycles. The van der Waals surface area contributed by atoms with Gasteiger partial charge in [-0.3, -0.25) is 9.59 Å². The molecule has 0 saturated carbocycles. The van der Waals surface area contributed by atoms with E-state index in [1.54, 1.807) is 23.4 Å². The summed E-state index contributed by atoms with van der Waals surface area (Å²) in [4.78, 5) is 32.0. The van der Waals surface area contributed by atoms with Crippen LogP contribution in [0.25, 0.3) is 0 Å². The first-order valence-electron chi connectivity index (χ1n) is 5.71. The zero-order valence-corrected chi connectivity index (χ0v) is 10.1. The lowest BCUT2D eigenvalue weighted by Crippen LogP contribution is -2.58. The third-order valence-corrected chi connectivity index (χ3v) is 2.62. The fraction of sp³-hybridized carbons (Fsp3) is 0.455. The molecular weight excluding hydrogens is 234 g/mol. The average Bonchev–Trinajstić information content (AvgIpc) is 2.31. The Hall–Kier alpha value is -2.18. The number of amides is 2. The number of likely N-dealkylation sites (tertiary alicyclic amines) is 1. The molecule has 0 aliphatic carbocycles. The quantitative estimate of drug-likeness (QED) is 0.732. The van der Waals surface area contributed by atoms with E-state index in [2.05, 4.69) is 20.6 Å². The first kappa shape index (κ1) is 12.3. The van der Waals surface area contributed by atoms with Gasteiger partial charge in [0, 0.05) is 32.4 Å². The Balaban J connectivity index is 1.70. The predicted octanol–water partition coefficient (Wildman–Crippen LogP) is -0.765. The Morgan fingerprint density at radius 1 is 1.39 bits per heavy atom. The van der Waals surface area contributed by atoms with Crippen LogP contribution in [-0.2, 0) is 9.59 Å². The van der Waals surface area contributed by atoms with Crippen LogP contribution in [-0.4, -0.2) is 52.4 Å². The van der Waals surface area contributed by atoms with Crippen molar-refractivity contribution in [3.63, 3.8) is 0 Å². The molecule has 2 N–H and O–H groups in total. The fourth-order valence-electron chi connectivity index (χ4n) is 1.64. The lowest BCUT2D eigenvalue weighted by atomic mass is 10.1. The van der Waals surface area contributed by atoms with E-state index in [1.165, 1.54) is 6.92 Å². The van der Waals surface area contributed by atoms with Gasteiger partial charge in [-0.25, -0.2) is 9.97 Å². The van der Waals surface area contributed by atoms with Crippen molar-refractivity contribution in [1.82, 2.24) is 20.2 Å². The third kappa shape index (κ3) is 3.16. The van der Waals surface area contributed by atoms with Gasteiger partial charge in [0.1, 0.15) is 0 Å². The molecule has 2 amide bonds. The Bertz CT molecular complexity index is 430. The van der Waals surface area contributed by atoms with Crippen LogP contribution in [0.5, 0.6) is 0 Å². The number of rotatable bonds is 4. The van der Waals surface area contributed by atoms with Crippen molar-refractivity contribution >= 4 is 17.8 Å². The van der Waals surface area contributed by atoms with Gasteiger partial charge in [-0.2, -0.15) is 0 Å². The second-order valence-electron chi connectivity index (χ2n) is 4.12. The van der Waals surface area contributed by atoms with Crippen molar-refractivity contribution in [2.45, 2.75) is 13.0 Å². The molecule has 0 radical (unpaired) electrons. The first-order chi connectivity index (χ1) is 8.65. The zero-order valence-electron chi connectivity index (χ0n) is 10.1. The van der Waals surface area contributed by atoms with Crippen molar-refractivity contribution < 1.29 is 9.59 Å². The summed E-state index contributed by atoms with van der Waals surface area (Å²) in [5, 5.41) is 5.61. The van der Waals surface area contributed by atoms with E-state index >= 15 is 0 Å². The number of carbonyl (C=O) groups excluding carboxylic acids is 2. The Morgan fingerprint density at radius 2 is 2.06 bits per heavy atom. The summed E-state index contributed by atoms with van der Waals surface area (Å²) in [5.41, 5.74) is 0. The molecule has 0 aromatic carbocycles. The lowest BCUT2D eigenvalue weighted by molar-refractivity contribution is -0.135. The number of aromatic nitrogens is 2. The molecule has 1 fully saturated rings. The average molecular weight is 249 g/mol. The van der Waals surface area contributed by atoms with E-state index in [4.69, 9.17) is 0 Å². The topological polar surface area (TPSA) is 87.2 Å². The summed E-state index contributed by atoms with van der Waals surface area (Å²) >= 11 is 0. The van der Waals surface area contributed by atoms with E-state index < -0.39 is 0 Å². The van der Waals surface area contributed by atoms with Crippen molar-refractivity contribution in [2.24, 2.45) is 0 Å². The summed E-state index contributed by atoms with van der Waals surface area (Å²) < 4.78 is 0. The minimum atomic E-state index is -0.198. The second-order valence-corrected chi connectivity index (χ2v) is 4.12. The van der Waals surface area contributed by atoms with Crippen LogP contribution < -0.4 is 10.6 Å². The summed E-state index contributed by atoms with van der Waals surface area (Å²) in [6.07, 6.45) is 3.32. The van der Waals surface area contributed by atoms with Crippen molar-refractivity contribution in [2.75, 3.05) is 25.0 Å². The highest BCUT2D eigenvalue weighted by Crippen LogP contribution is 2.11. The van der Waals surface area contributed by atoms with E-state index in [-0.39, 0.29) is 24.4 Å². The highest BCUT2D eigenvalue weighted by molar-refractivity contribution is 5.84. The molecule has 0 atom stereocenters. The fourth-order valence-corrected chi connectivity index (χ4v) is 1.64. The molecule has 0 spiro atoms. The monoisotopic (exact) mass is 249 g/mol. The molecule has 2 rings (SSSR count). The minimum absolute atomic E-state index is 0.0594. The summed E-state index contributed by atoms with van der Waals surface area (Å²) in [6, 6.07) is 1.92. The molecule has 18 heavy (non-hydrogen) atoms. The number of nitrogens with one attached hydrogen (secondary N) is 2. The van der Waals surface area contributed by atoms with E-state index in [9.17, 15) is 9.59 Å². The summed E-state index contributed by atoms with van der Waals surface area (Å²) in [6.45, 7) is 2.66. The van der Waals surface area contributed by atoms with E-state index in [1.807, 2.05) is 0 Å². The maximum Gasteiger partial charge on any atom is 0.242 e. The first-order valence-corrected chi connectivity index (χ1v) is 5.71. The Labute approximate surface area is 105 Å². The van der Waals surface area contributed by atoms with Gasteiger partial charge in [0.25, 0.3) is 0 Å². The van der Waals surface area contributed by atoms with Gasteiger partial charge in [0.05, 0.1) is 12.6 Å². The van der Waals surface area contributed by atoms with Crippen LogP contribution >= 0.6 is 0 Å². The highest BCUT2D eigenvalue weighted by atomic mass is 16.2. The number of hydrogen-bond donors (Lipinski definition) is 2. The molecule has 1 aromatic heterocycles. The molecule has 1 saturated heterocycles. The molecule has 1 aliphatic rings. The maximum atomic E-state index is 11.6. The zero-order chi connectivity index (χ0) is 13.0. The van der Waals surface area contributed by atoms with E-state index in [0.29, 0.717) is 19.0 Å². The number of nitrogens with zero attached hydrogens (tertiary/aromatic N) is 3. The van der Waals surface area contributed by atoms with Crippen molar-refractivity contribution in [1.29, 1.82) is 0 Å². The number of hydrogen-bond acceptors (Lipinski definition) is 5. The van der Waals surface area contributed by atoms with Gasteiger partial charge >= 0.3 is 0 Å². The SMILES string of the molecule is CC(=O)NCC(=O)N1CC(Nc2ncccn2)C1. The lowest BCUT2D eigenvalue weighted by Gasteiger charge is -2.39. The number of anilines is 1. The van der Waals surface area contributed by atoms with Gasteiger partial charge in [-0.05, 0) is 6.07 Å². The molecule has 0 unspecified atom stereocenters. The summed E-state index contributed by atoms with van der Waals surface area (Å²) in [5.74, 6) is 0.296. The molecule has 96 valence electrons. The predicted molar refractivity (Wildman–Crippen MR) is 64.7 cm³/mol. The standard InChI is InChI=1S/C11H15N5O2/c1-8(17)14-5-10(18)16-6-9(7-16)15-11-12-3-2-4-13-11/h2-4,9H,5-7H2,1H3,(H,14,17)(H,12,13,15). The molecule has 7 nitrogen and oxygen atoms in total. The van der Waals surface area contributed by atoms with Crippen LogP contribution in [0.4, 0.5) is 5.95 Å². The van der Waals surface area contributed by atoms with Crippen LogP contribution in [0.1, 0.15) is 6.92 Å². The van der Waals surface area contributed by atoms with Crippen LogP contribution in [0.3, 0.4) is 0 Å². The molecular formula is C11H15N5O2. The third-order valence-electron chi connectivity index (χ3n) is 2.62. The number of carbonyl (C=O) groups is 2. The van der Waals surface area contributed by atoms with E-state index in [0.717, 1.165) is 0 Å². The van der Waals surface area contributed by atoms with Gasteiger partial charge in [-0.15, -0.1) is 0 Å². The van der Waals surface area contributed by atoms with Crippen LogP contribution in [0, 0.1) is 0 Å². The molecule has 1 aromatic rings. The normalized spacial score (nSPS) is 14.8. The van der Waals surface area contributed by atoms with Gasteiger partial charge in [-0.1, -0.05) is 0 Å². The second kappa shape index (κ2) is 5.44. The maximum absolute atomic E-state index is 11.6. The molecule has 0 bridgehead atoms. The summed E-state index contributed by atoms with van der Waals surface area (Å²) in [7, 11) is 0. The van der Waals surface area contributed by atoms with Crippen molar-refractivity contribution in [3.8, 4) is 0 Å². The largest absolute Gasteiger partial charge is 0.348 e. The smallest absolute Gasteiger partial charge is 0.242 e.